The van der Waals surface area contributed by atoms with E-state index in [1.54, 1.807) is 0 Å². The van der Waals surface area contributed by atoms with Crippen LogP contribution in [0.3, 0.4) is 0 Å². The number of likely N-dealkylation sites (N-methyl/N-ethyl adjacent to an activating group) is 2. The SMILES string of the molecule is CN(CCOP(=O)([O-])O)C(=N)N.CN(CCOP(=O)([O-])O)C(=N)N.[Ca+2]. The van der Waals surface area contributed by atoms with E-state index < -0.39 is 15.6 Å². The number of hydrogen-bond acceptors (Lipinski definition) is 8. The Morgan fingerprint density at radius 3 is 1.36 bits per heavy atom. The summed E-state index contributed by atoms with van der Waals surface area (Å²) in [4.78, 5) is 38.9. The number of guanidine groups is 2. The maximum Gasteiger partial charge on any atom is 2.00 e. The van der Waals surface area contributed by atoms with Gasteiger partial charge in [0.1, 0.15) is 0 Å². The van der Waals surface area contributed by atoms with Gasteiger partial charge < -0.3 is 49.9 Å². The van der Waals surface area contributed by atoms with E-state index >= 15 is 0 Å². The summed E-state index contributed by atoms with van der Waals surface area (Å²) >= 11 is 0. The predicted octanol–water partition coefficient (Wildman–Crippen LogP) is -3.80. The Hall–Kier alpha value is 0.0197. The molecule has 25 heavy (non-hydrogen) atoms. The Kier molecular flexibility index (Phi) is 16.8. The summed E-state index contributed by atoms with van der Waals surface area (Å²) in [6.07, 6.45) is 0. The molecule has 0 aliphatic carbocycles. The van der Waals surface area contributed by atoms with Gasteiger partial charge in [-0.1, -0.05) is 0 Å². The van der Waals surface area contributed by atoms with Crippen molar-refractivity contribution in [2.24, 2.45) is 11.5 Å². The third-order valence-corrected chi connectivity index (χ3v) is 3.20. The van der Waals surface area contributed by atoms with Gasteiger partial charge >= 0.3 is 37.7 Å². The van der Waals surface area contributed by atoms with Crippen molar-refractivity contribution in [3.8, 4) is 0 Å². The van der Waals surface area contributed by atoms with Gasteiger partial charge in [0, 0.05) is 27.2 Å². The maximum absolute atomic E-state index is 10.0. The second-order valence-electron chi connectivity index (χ2n) is 4.22. The Labute approximate surface area is 174 Å². The molecule has 0 spiro atoms. The second-order valence-corrected chi connectivity index (χ2v) is 6.61. The van der Waals surface area contributed by atoms with Gasteiger partial charge in [0.15, 0.2) is 11.9 Å². The number of phosphoric ester groups is 2. The quantitative estimate of drug-likeness (QED) is 0.0935. The molecule has 0 aromatic rings. The van der Waals surface area contributed by atoms with Gasteiger partial charge in [0.25, 0.3) is 15.6 Å². The van der Waals surface area contributed by atoms with Crippen LogP contribution in [0.15, 0.2) is 0 Å². The van der Waals surface area contributed by atoms with Crippen LogP contribution in [0, 0.1) is 10.8 Å². The molecule has 0 aliphatic rings. The third kappa shape index (κ3) is 24.0. The van der Waals surface area contributed by atoms with E-state index in [1.807, 2.05) is 0 Å². The van der Waals surface area contributed by atoms with E-state index in [-0.39, 0.29) is 76.0 Å². The zero-order chi connectivity index (χ0) is 19.6. The summed E-state index contributed by atoms with van der Waals surface area (Å²) in [7, 11) is -6.28. The number of rotatable bonds is 8. The minimum atomic E-state index is -4.64. The minimum absolute atomic E-state index is 0. The first-order valence-corrected chi connectivity index (χ1v) is 9.12. The van der Waals surface area contributed by atoms with Crippen LogP contribution in [0.2, 0.25) is 0 Å². The molecule has 0 amide bonds. The minimum Gasteiger partial charge on any atom is -0.756 e. The second kappa shape index (κ2) is 14.1. The Morgan fingerprint density at radius 2 is 1.20 bits per heavy atom. The van der Waals surface area contributed by atoms with Gasteiger partial charge in [0.05, 0.1) is 13.2 Å². The number of nitrogens with zero attached hydrogens (tertiary/aromatic N) is 2. The molecule has 0 fully saturated rings. The standard InChI is InChI=1S/2C4H12N3O4P.Ca/c2*1-7(4(5)6)2-3-11-12(8,9)10;/h2*2-3H2,1H3,(H3,5,6)(H2,8,9,10);/q;;+2/p-2. The summed E-state index contributed by atoms with van der Waals surface area (Å²) < 4.78 is 28.1. The third-order valence-electron chi connectivity index (χ3n) is 2.18. The summed E-state index contributed by atoms with van der Waals surface area (Å²) in [5.74, 6) is -0.394. The summed E-state index contributed by atoms with van der Waals surface area (Å²) in [5.41, 5.74) is 10.1. The van der Waals surface area contributed by atoms with Crippen LogP contribution in [0.4, 0.5) is 0 Å². The molecule has 0 heterocycles. The Balaban J connectivity index is -0.000000372. The molecule has 8 N–H and O–H groups in total. The fourth-order valence-electron chi connectivity index (χ4n) is 0.827. The first-order valence-electron chi connectivity index (χ1n) is 6.12. The predicted molar refractivity (Wildman–Crippen MR) is 86.4 cm³/mol. The van der Waals surface area contributed by atoms with Crippen molar-refractivity contribution in [3.63, 3.8) is 0 Å². The normalized spacial score (nSPS) is 14.6. The van der Waals surface area contributed by atoms with Crippen molar-refractivity contribution in [1.29, 1.82) is 10.8 Å². The molecule has 0 bridgehead atoms. The summed E-state index contributed by atoms with van der Waals surface area (Å²) in [5, 5.41) is 13.7. The fourth-order valence-corrected chi connectivity index (χ4v) is 1.45. The molecule has 2 atom stereocenters. The van der Waals surface area contributed by atoms with E-state index in [0.29, 0.717) is 0 Å². The first-order chi connectivity index (χ1) is 10.7. The monoisotopic (exact) mass is 432 g/mol. The molecule has 2 unspecified atom stereocenters. The van der Waals surface area contributed by atoms with Crippen molar-refractivity contribution in [3.05, 3.63) is 0 Å². The first kappa shape index (κ1) is 29.8. The van der Waals surface area contributed by atoms with Gasteiger partial charge in [-0.15, -0.1) is 0 Å². The van der Waals surface area contributed by atoms with Gasteiger partial charge in [-0.05, 0) is 0 Å². The zero-order valence-corrected chi connectivity index (χ0v) is 17.8. The van der Waals surface area contributed by atoms with Crippen LogP contribution in [0.1, 0.15) is 0 Å². The molecule has 0 rings (SSSR count). The van der Waals surface area contributed by atoms with Crippen LogP contribution in [0.5, 0.6) is 0 Å². The molecule has 0 aromatic carbocycles. The van der Waals surface area contributed by atoms with Gasteiger partial charge in [-0.2, -0.15) is 0 Å². The van der Waals surface area contributed by atoms with Crippen LogP contribution in [-0.2, 0) is 18.2 Å². The Bertz CT molecular complexity index is 455. The average molecular weight is 432 g/mol. The van der Waals surface area contributed by atoms with E-state index in [4.69, 9.17) is 32.1 Å². The van der Waals surface area contributed by atoms with Crippen molar-refractivity contribution < 1.29 is 37.8 Å². The van der Waals surface area contributed by atoms with Crippen LogP contribution >= 0.6 is 15.6 Å². The van der Waals surface area contributed by atoms with E-state index in [1.165, 1.54) is 23.9 Å². The average Bonchev–Trinajstić information content (AvgIpc) is 2.35. The van der Waals surface area contributed by atoms with Crippen molar-refractivity contribution in [1.82, 2.24) is 9.80 Å². The molecule has 0 radical (unpaired) electrons. The van der Waals surface area contributed by atoms with E-state index in [0.717, 1.165) is 0 Å². The molecule has 0 saturated carbocycles. The van der Waals surface area contributed by atoms with E-state index in [2.05, 4.69) is 9.05 Å². The fraction of sp³-hybridized carbons (Fsp3) is 0.750. The maximum atomic E-state index is 10.0. The summed E-state index contributed by atoms with van der Waals surface area (Å²) in [6, 6.07) is 0. The van der Waals surface area contributed by atoms with Gasteiger partial charge in [-0.25, -0.2) is 0 Å². The molecular weight excluding hydrogens is 410 g/mol. The number of nitrogens with one attached hydrogen (secondary N) is 2. The largest absolute Gasteiger partial charge is 2.00 e. The van der Waals surface area contributed by atoms with Crippen molar-refractivity contribution in [2.45, 2.75) is 0 Å². The summed E-state index contributed by atoms with van der Waals surface area (Å²) in [6.45, 7) is -0.203. The van der Waals surface area contributed by atoms with Crippen molar-refractivity contribution in [2.75, 3.05) is 40.4 Å². The van der Waals surface area contributed by atoms with Gasteiger partial charge in [0.2, 0.25) is 0 Å². The van der Waals surface area contributed by atoms with Crippen molar-refractivity contribution >= 4 is 65.3 Å². The smallest absolute Gasteiger partial charge is 0.756 e. The van der Waals surface area contributed by atoms with Gasteiger partial charge in [-0.3, -0.25) is 19.9 Å². The molecule has 17 heteroatoms. The topological polar surface area (TPSA) is 245 Å². The van der Waals surface area contributed by atoms with E-state index in [9.17, 15) is 18.9 Å². The van der Waals surface area contributed by atoms with Crippen LogP contribution in [-0.4, -0.2) is 110 Å². The zero-order valence-electron chi connectivity index (χ0n) is 13.8. The van der Waals surface area contributed by atoms with Crippen LogP contribution in [0.25, 0.3) is 0 Å². The number of nitrogens with two attached hydrogens (primary N) is 2. The molecule has 14 nitrogen and oxygen atoms in total. The molecule has 144 valence electrons. The number of hydrogen-bond donors (Lipinski definition) is 6. The molecule has 0 saturated heterocycles. The molecule has 0 aromatic heterocycles. The molecular formula is C8H22CaN6O8P2. The number of phosphoric acid groups is 2. The van der Waals surface area contributed by atoms with Crippen LogP contribution < -0.4 is 21.3 Å². The Morgan fingerprint density at radius 1 is 0.960 bits per heavy atom. The molecule has 0 aliphatic heterocycles.